The molecule has 1 fully saturated rings. The second-order valence-electron chi connectivity index (χ2n) is 8.64. The SMILES string of the molecule is CC(C)(C)OC(=O)N1CCC(n2ccc(COc3ccc(-n4cnnn4)cc3F)n2)CC1. The smallest absolute Gasteiger partial charge is 0.410 e. The number of likely N-dealkylation sites (tertiary alicyclic amines) is 1. The highest BCUT2D eigenvalue weighted by molar-refractivity contribution is 5.68. The molecule has 10 nitrogen and oxygen atoms in total. The number of tetrazole rings is 1. The number of aromatic nitrogens is 6. The Kier molecular flexibility index (Phi) is 6.06. The van der Waals surface area contributed by atoms with Crippen molar-refractivity contribution in [2.24, 2.45) is 0 Å². The fourth-order valence-electron chi connectivity index (χ4n) is 3.48. The Balaban J connectivity index is 1.30. The fraction of sp³-hybridized carbons (Fsp3) is 0.476. The maximum Gasteiger partial charge on any atom is 0.410 e. The summed E-state index contributed by atoms with van der Waals surface area (Å²) in [7, 11) is 0. The molecular weight excluding hydrogens is 417 g/mol. The van der Waals surface area contributed by atoms with Crippen molar-refractivity contribution >= 4 is 6.09 Å². The maximum atomic E-state index is 14.4. The summed E-state index contributed by atoms with van der Waals surface area (Å²) in [5.41, 5.74) is 0.698. The van der Waals surface area contributed by atoms with Crippen LogP contribution in [-0.2, 0) is 11.3 Å². The van der Waals surface area contributed by atoms with E-state index in [4.69, 9.17) is 9.47 Å². The van der Waals surface area contributed by atoms with E-state index in [9.17, 15) is 9.18 Å². The molecule has 0 spiro atoms. The normalized spacial score (nSPS) is 15.1. The zero-order valence-corrected chi connectivity index (χ0v) is 18.3. The Labute approximate surface area is 184 Å². The zero-order valence-electron chi connectivity index (χ0n) is 18.3. The number of piperidine rings is 1. The molecule has 0 atom stereocenters. The largest absolute Gasteiger partial charge is 0.484 e. The maximum absolute atomic E-state index is 14.4. The van der Waals surface area contributed by atoms with Gasteiger partial charge in [0.15, 0.2) is 11.6 Å². The van der Waals surface area contributed by atoms with Crippen molar-refractivity contribution < 1.29 is 18.7 Å². The number of hydrogen-bond donors (Lipinski definition) is 0. The lowest BCUT2D eigenvalue weighted by Gasteiger charge is -2.33. The van der Waals surface area contributed by atoms with Gasteiger partial charge in [0.1, 0.15) is 18.5 Å². The molecule has 0 saturated carbocycles. The summed E-state index contributed by atoms with van der Waals surface area (Å²) in [5.74, 6) is -0.381. The molecule has 0 radical (unpaired) electrons. The number of amides is 1. The first-order chi connectivity index (χ1) is 15.3. The molecule has 32 heavy (non-hydrogen) atoms. The highest BCUT2D eigenvalue weighted by Gasteiger charge is 2.27. The minimum Gasteiger partial charge on any atom is -0.484 e. The monoisotopic (exact) mass is 443 g/mol. The highest BCUT2D eigenvalue weighted by Crippen LogP contribution is 2.24. The van der Waals surface area contributed by atoms with Crippen LogP contribution in [0.2, 0.25) is 0 Å². The van der Waals surface area contributed by atoms with Crippen LogP contribution in [0.5, 0.6) is 5.75 Å². The number of hydrogen-bond acceptors (Lipinski definition) is 7. The molecule has 1 amide bonds. The van der Waals surface area contributed by atoms with Crippen molar-refractivity contribution in [3.63, 3.8) is 0 Å². The molecule has 0 bridgehead atoms. The summed E-state index contributed by atoms with van der Waals surface area (Å²) in [6, 6.07) is 6.56. The van der Waals surface area contributed by atoms with Gasteiger partial charge in [-0.05, 0) is 62.2 Å². The van der Waals surface area contributed by atoms with E-state index >= 15 is 0 Å². The molecule has 1 aliphatic rings. The van der Waals surface area contributed by atoms with Crippen molar-refractivity contribution in [2.75, 3.05) is 13.1 Å². The van der Waals surface area contributed by atoms with E-state index in [1.807, 2.05) is 37.7 Å². The standard InChI is InChI=1S/C21H26FN7O3/c1-21(2,3)32-20(30)27-9-7-16(8-10-27)28-11-6-15(24-28)13-31-19-5-4-17(12-18(19)22)29-14-23-25-26-29/h4-6,11-12,14,16H,7-10,13H2,1-3H3. The Morgan fingerprint density at radius 3 is 2.66 bits per heavy atom. The van der Waals surface area contributed by atoms with Crippen LogP contribution in [0.15, 0.2) is 36.8 Å². The molecule has 170 valence electrons. The third kappa shape index (κ3) is 5.21. The Hall–Kier alpha value is -3.50. The van der Waals surface area contributed by atoms with Crippen LogP contribution in [-0.4, -0.2) is 59.7 Å². The van der Waals surface area contributed by atoms with Gasteiger partial charge in [-0.2, -0.15) is 5.10 Å². The number of ether oxygens (including phenoxy) is 2. The minimum atomic E-state index is -0.507. The molecule has 0 N–H and O–H groups in total. The van der Waals surface area contributed by atoms with Crippen molar-refractivity contribution in [3.05, 3.63) is 48.3 Å². The quantitative estimate of drug-likeness (QED) is 0.597. The van der Waals surface area contributed by atoms with Gasteiger partial charge < -0.3 is 14.4 Å². The van der Waals surface area contributed by atoms with Crippen LogP contribution in [0.3, 0.4) is 0 Å². The van der Waals surface area contributed by atoms with Gasteiger partial charge in [0.2, 0.25) is 0 Å². The van der Waals surface area contributed by atoms with E-state index in [0.29, 0.717) is 24.5 Å². The lowest BCUT2D eigenvalue weighted by molar-refractivity contribution is 0.0184. The first-order valence-corrected chi connectivity index (χ1v) is 10.5. The molecule has 0 aliphatic carbocycles. The van der Waals surface area contributed by atoms with Gasteiger partial charge >= 0.3 is 6.09 Å². The van der Waals surface area contributed by atoms with Gasteiger partial charge in [0.25, 0.3) is 0 Å². The van der Waals surface area contributed by atoms with E-state index in [2.05, 4.69) is 20.6 Å². The Morgan fingerprint density at radius 2 is 2.00 bits per heavy atom. The topological polar surface area (TPSA) is 100 Å². The molecule has 3 aromatic rings. The van der Waals surface area contributed by atoms with E-state index < -0.39 is 11.4 Å². The predicted molar refractivity (Wildman–Crippen MR) is 112 cm³/mol. The van der Waals surface area contributed by atoms with E-state index in [1.165, 1.54) is 23.1 Å². The van der Waals surface area contributed by atoms with E-state index in [-0.39, 0.29) is 24.5 Å². The van der Waals surface area contributed by atoms with Crippen LogP contribution < -0.4 is 4.74 Å². The second kappa shape index (κ2) is 8.93. The number of benzene rings is 1. The first kappa shape index (κ1) is 21.7. The van der Waals surface area contributed by atoms with Crippen molar-refractivity contribution in [1.82, 2.24) is 34.9 Å². The van der Waals surface area contributed by atoms with Gasteiger partial charge in [-0.15, -0.1) is 5.10 Å². The summed E-state index contributed by atoms with van der Waals surface area (Å²) in [6.45, 7) is 6.96. The number of rotatable bonds is 5. The third-order valence-corrected chi connectivity index (χ3v) is 5.06. The lowest BCUT2D eigenvalue weighted by atomic mass is 10.1. The second-order valence-corrected chi connectivity index (χ2v) is 8.64. The number of halogens is 1. The summed E-state index contributed by atoms with van der Waals surface area (Å²) in [6.07, 6.45) is 4.57. The molecule has 1 saturated heterocycles. The van der Waals surface area contributed by atoms with Crippen molar-refractivity contribution in [1.29, 1.82) is 0 Å². The molecular formula is C21H26FN7O3. The van der Waals surface area contributed by atoms with Crippen LogP contribution in [0.4, 0.5) is 9.18 Å². The average molecular weight is 443 g/mol. The molecule has 1 aromatic carbocycles. The number of carbonyl (C=O) groups is 1. The highest BCUT2D eigenvalue weighted by atomic mass is 19.1. The van der Waals surface area contributed by atoms with Crippen LogP contribution in [0, 0.1) is 5.82 Å². The van der Waals surface area contributed by atoms with E-state index in [1.54, 1.807) is 11.0 Å². The van der Waals surface area contributed by atoms with Gasteiger partial charge in [-0.25, -0.2) is 13.9 Å². The molecule has 3 heterocycles. The fourth-order valence-corrected chi connectivity index (χ4v) is 3.48. The molecule has 1 aliphatic heterocycles. The van der Waals surface area contributed by atoms with E-state index in [0.717, 1.165) is 12.8 Å². The summed E-state index contributed by atoms with van der Waals surface area (Å²) >= 11 is 0. The van der Waals surface area contributed by atoms with Crippen molar-refractivity contribution in [3.8, 4) is 11.4 Å². The van der Waals surface area contributed by atoms with Crippen LogP contribution in [0.25, 0.3) is 5.69 Å². The van der Waals surface area contributed by atoms with Gasteiger partial charge in [0, 0.05) is 25.4 Å². The van der Waals surface area contributed by atoms with Gasteiger partial charge in [-0.3, -0.25) is 4.68 Å². The van der Waals surface area contributed by atoms with Crippen LogP contribution in [0.1, 0.15) is 45.3 Å². The lowest BCUT2D eigenvalue weighted by Crippen LogP contribution is -2.42. The summed E-state index contributed by atoms with van der Waals surface area (Å²) < 4.78 is 28.7. The molecule has 2 aromatic heterocycles. The molecule has 0 unspecified atom stereocenters. The van der Waals surface area contributed by atoms with Gasteiger partial charge in [0.05, 0.1) is 17.4 Å². The zero-order chi connectivity index (χ0) is 22.7. The van der Waals surface area contributed by atoms with Gasteiger partial charge in [-0.1, -0.05) is 0 Å². The molecule has 11 heteroatoms. The van der Waals surface area contributed by atoms with Crippen LogP contribution >= 0.6 is 0 Å². The first-order valence-electron chi connectivity index (χ1n) is 10.5. The van der Waals surface area contributed by atoms with Crippen molar-refractivity contribution in [2.45, 2.75) is 51.9 Å². The summed E-state index contributed by atoms with van der Waals surface area (Å²) in [4.78, 5) is 14.0. The predicted octanol–water partition coefficient (Wildman–Crippen LogP) is 3.15. The summed E-state index contributed by atoms with van der Waals surface area (Å²) in [5, 5.41) is 15.4. The Morgan fingerprint density at radius 1 is 1.22 bits per heavy atom. The Bertz CT molecular complexity index is 1050. The molecule has 4 rings (SSSR count). The average Bonchev–Trinajstić information content (AvgIpc) is 3.44. The number of carbonyl (C=O) groups excluding carboxylic acids is 1. The minimum absolute atomic E-state index is 0.127. The number of nitrogens with zero attached hydrogens (tertiary/aromatic N) is 7. The third-order valence-electron chi connectivity index (χ3n) is 5.06.